The highest BCUT2D eigenvalue weighted by Crippen LogP contribution is 2.22. The maximum absolute atomic E-state index is 11.6. The zero-order valence-electron chi connectivity index (χ0n) is 9.39. The van der Waals surface area contributed by atoms with Crippen LogP contribution in [0.5, 0.6) is 0 Å². The third kappa shape index (κ3) is 2.90. The molecule has 8 heteroatoms. The highest BCUT2D eigenvalue weighted by Gasteiger charge is 2.31. The number of hydrogen-bond donors (Lipinski definition) is 1. The van der Waals surface area contributed by atoms with Crippen LogP contribution < -0.4 is 5.32 Å². The predicted octanol–water partition coefficient (Wildman–Crippen LogP) is 1.36. The molecule has 0 amide bonds. The molecule has 2 rings (SSSR count). The second-order valence-corrected chi connectivity index (χ2v) is 7.13. The van der Waals surface area contributed by atoms with Crippen LogP contribution in [0.15, 0.2) is 4.42 Å². The minimum atomic E-state index is -2.95. The van der Waals surface area contributed by atoms with Crippen LogP contribution in [0.3, 0.4) is 0 Å². The fourth-order valence-electron chi connectivity index (χ4n) is 1.76. The molecule has 6 nitrogen and oxygen atoms in total. The first kappa shape index (κ1) is 12.6. The normalized spacial score (nSPS) is 24.7. The maximum Gasteiger partial charge on any atom is 0.315 e. The van der Waals surface area contributed by atoms with E-state index in [-0.39, 0.29) is 22.4 Å². The summed E-state index contributed by atoms with van der Waals surface area (Å²) in [7, 11) is -2.95. The van der Waals surface area contributed by atoms with Gasteiger partial charge in [-0.1, -0.05) is 5.10 Å². The van der Waals surface area contributed by atoms with Crippen molar-refractivity contribution in [2.24, 2.45) is 0 Å². The number of sulfone groups is 1. The molecule has 1 aliphatic rings. The van der Waals surface area contributed by atoms with Crippen molar-refractivity contribution in [3.63, 3.8) is 0 Å². The fraction of sp³-hybridized carbons (Fsp3) is 0.778. The summed E-state index contributed by atoms with van der Waals surface area (Å²) < 4.78 is 28.4. The average Bonchev–Trinajstić information content (AvgIpc) is 2.81. The molecule has 1 aliphatic heterocycles. The van der Waals surface area contributed by atoms with Gasteiger partial charge in [0.05, 0.1) is 11.0 Å². The van der Waals surface area contributed by atoms with E-state index in [1.54, 1.807) is 6.92 Å². The third-order valence-corrected chi connectivity index (χ3v) is 5.19. The Labute approximate surface area is 105 Å². The Morgan fingerprint density at radius 1 is 1.59 bits per heavy atom. The quantitative estimate of drug-likeness (QED) is 0.838. The second-order valence-electron chi connectivity index (χ2n) is 4.07. The average molecular weight is 280 g/mol. The summed E-state index contributed by atoms with van der Waals surface area (Å²) in [4.78, 5) is 0. The molecule has 0 aliphatic carbocycles. The van der Waals surface area contributed by atoms with Crippen LogP contribution in [0.4, 0.5) is 6.01 Å². The summed E-state index contributed by atoms with van der Waals surface area (Å²) in [5.41, 5.74) is 0. The lowest BCUT2D eigenvalue weighted by atomic mass is 10.2. The third-order valence-electron chi connectivity index (χ3n) is 2.72. The van der Waals surface area contributed by atoms with Crippen molar-refractivity contribution in [1.82, 2.24) is 10.2 Å². The molecule has 0 bridgehead atoms. The van der Waals surface area contributed by atoms with Gasteiger partial charge in [-0.05, 0) is 19.8 Å². The van der Waals surface area contributed by atoms with Gasteiger partial charge in [-0.15, -0.1) is 16.7 Å². The van der Waals surface area contributed by atoms with Crippen molar-refractivity contribution in [1.29, 1.82) is 0 Å². The van der Waals surface area contributed by atoms with Gasteiger partial charge in [0.1, 0.15) is 5.38 Å². The Bertz CT molecular complexity index is 485. The van der Waals surface area contributed by atoms with Gasteiger partial charge in [0, 0.05) is 6.54 Å². The van der Waals surface area contributed by atoms with Gasteiger partial charge >= 0.3 is 6.01 Å². The lowest BCUT2D eigenvalue weighted by Crippen LogP contribution is -2.25. The van der Waals surface area contributed by atoms with Crippen molar-refractivity contribution < 1.29 is 12.8 Å². The summed E-state index contributed by atoms with van der Waals surface area (Å²) in [6.45, 7) is 2.03. The molecular weight excluding hydrogens is 266 g/mol. The van der Waals surface area contributed by atoms with Crippen LogP contribution in [0, 0.1) is 0 Å². The first-order valence-electron chi connectivity index (χ1n) is 5.42. The summed E-state index contributed by atoms with van der Waals surface area (Å²) in [6, 6.07) is 0.217. The summed E-state index contributed by atoms with van der Waals surface area (Å²) in [5.74, 6) is 0.594. The van der Waals surface area contributed by atoms with E-state index in [1.807, 2.05) is 0 Å². The fourth-order valence-corrected chi connectivity index (χ4v) is 3.61. The van der Waals surface area contributed by atoms with Crippen LogP contribution in [-0.2, 0) is 9.84 Å². The van der Waals surface area contributed by atoms with E-state index < -0.39 is 9.84 Å². The Kier molecular flexibility index (Phi) is 3.58. The van der Waals surface area contributed by atoms with Crippen molar-refractivity contribution in [3.05, 3.63) is 5.89 Å². The van der Waals surface area contributed by atoms with Gasteiger partial charge < -0.3 is 9.73 Å². The van der Waals surface area contributed by atoms with Crippen LogP contribution in [0.2, 0.25) is 0 Å². The monoisotopic (exact) mass is 279 g/mol. The lowest BCUT2D eigenvalue weighted by Gasteiger charge is -2.08. The van der Waals surface area contributed by atoms with Gasteiger partial charge in [0.2, 0.25) is 5.89 Å². The Morgan fingerprint density at radius 2 is 2.35 bits per heavy atom. The van der Waals surface area contributed by atoms with E-state index in [4.69, 9.17) is 16.0 Å². The molecule has 2 unspecified atom stereocenters. The van der Waals surface area contributed by atoms with Gasteiger partial charge in [0.15, 0.2) is 9.84 Å². The van der Waals surface area contributed by atoms with Crippen LogP contribution in [-0.4, -0.2) is 36.2 Å². The first-order chi connectivity index (χ1) is 7.99. The molecular formula is C9H14ClN3O3S. The van der Waals surface area contributed by atoms with Gasteiger partial charge in [-0.2, -0.15) is 0 Å². The SMILES string of the molecule is CC(Cl)c1nnc(NCC2CCCS2(=O)=O)o1. The van der Waals surface area contributed by atoms with Crippen LogP contribution in [0.1, 0.15) is 31.0 Å². The summed E-state index contributed by atoms with van der Waals surface area (Å²) >= 11 is 5.77. The second kappa shape index (κ2) is 4.81. The highest BCUT2D eigenvalue weighted by atomic mass is 35.5. The van der Waals surface area contributed by atoms with Crippen molar-refractivity contribution in [2.45, 2.75) is 30.4 Å². The predicted molar refractivity (Wildman–Crippen MR) is 63.9 cm³/mol. The smallest absolute Gasteiger partial charge is 0.315 e. The number of nitrogens with zero attached hydrogens (tertiary/aromatic N) is 2. The zero-order chi connectivity index (χ0) is 12.5. The van der Waals surface area contributed by atoms with Crippen LogP contribution in [0.25, 0.3) is 0 Å². The van der Waals surface area contributed by atoms with Crippen LogP contribution >= 0.6 is 11.6 Å². The number of aromatic nitrogens is 2. The number of nitrogens with one attached hydrogen (secondary N) is 1. The number of hydrogen-bond acceptors (Lipinski definition) is 6. The molecule has 0 radical (unpaired) electrons. The highest BCUT2D eigenvalue weighted by molar-refractivity contribution is 7.92. The summed E-state index contributed by atoms with van der Waals surface area (Å²) in [6.07, 6.45) is 1.41. The standard InChI is InChI=1S/C9H14ClN3O3S/c1-6(10)8-12-13-9(16-8)11-5-7-3-2-4-17(7,14)15/h6-7H,2-5H2,1H3,(H,11,13). The zero-order valence-corrected chi connectivity index (χ0v) is 11.0. The number of alkyl halides is 1. The first-order valence-corrected chi connectivity index (χ1v) is 7.57. The molecule has 2 atom stereocenters. The van der Waals surface area contributed by atoms with E-state index >= 15 is 0 Å². The molecule has 0 saturated carbocycles. The van der Waals surface area contributed by atoms with E-state index in [0.717, 1.165) is 6.42 Å². The van der Waals surface area contributed by atoms with Crippen molar-refractivity contribution in [2.75, 3.05) is 17.6 Å². The molecule has 1 fully saturated rings. The Balaban J connectivity index is 1.94. The molecule has 96 valence electrons. The molecule has 1 aromatic heterocycles. The van der Waals surface area contributed by atoms with Gasteiger partial charge in [0.25, 0.3) is 0 Å². The van der Waals surface area contributed by atoms with Crippen molar-refractivity contribution >= 4 is 27.5 Å². The lowest BCUT2D eigenvalue weighted by molar-refractivity contribution is 0.505. The molecule has 1 saturated heterocycles. The molecule has 17 heavy (non-hydrogen) atoms. The summed E-state index contributed by atoms with van der Waals surface area (Å²) in [5, 5.41) is 9.61. The van der Waals surface area contributed by atoms with Crippen molar-refractivity contribution in [3.8, 4) is 0 Å². The Hall–Kier alpha value is -0.820. The van der Waals surface area contributed by atoms with E-state index in [2.05, 4.69) is 15.5 Å². The van der Waals surface area contributed by atoms with Gasteiger partial charge in [-0.25, -0.2) is 8.42 Å². The molecule has 1 aromatic rings. The van der Waals surface area contributed by atoms with E-state index in [9.17, 15) is 8.42 Å². The number of halogens is 1. The van der Waals surface area contributed by atoms with Gasteiger partial charge in [-0.3, -0.25) is 0 Å². The topological polar surface area (TPSA) is 85.1 Å². The van der Waals surface area contributed by atoms with E-state index in [0.29, 0.717) is 18.9 Å². The number of anilines is 1. The minimum absolute atomic E-state index is 0.217. The largest absolute Gasteiger partial charge is 0.407 e. The molecule has 0 spiro atoms. The molecule has 1 N–H and O–H groups in total. The molecule has 0 aromatic carbocycles. The molecule has 2 heterocycles. The number of rotatable bonds is 4. The Morgan fingerprint density at radius 3 is 2.88 bits per heavy atom. The maximum atomic E-state index is 11.6. The minimum Gasteiger partial charge on any atom is -0.407 e. The van der Waals surface area contributed by atoms with E-state index in [1.165, 1.54) is 0 Å².